The Morgan fingerprint density at radius 1 is 1.33 bits per heavy atom. The number of halogens is 3. The van der Waals surface area contributed by atoms with Crippen molar-refractivity contribution >= 4 is 27.8 Å². The molecule has 0 fully saturated rings. The van der Waals surface area contributed by atoms with E-state index in [1.54, 1.807) is 17.9 Å². The second kappa shape index (κ2) is 10.6. The fraction of sp³-hybridized carbons (Fsp3) is 0.500. The lowest BCUT2D eigenvalue weighted by Gasteiger charge is -2.36. The average Bonchev–Trinajstić information content (AvgIpc) is 3.47. The zero-order valence-corrected chi connectivity index (χ0v) is 21.5. The van der Waals surface area contributed by atoms with Gasteiger partial charge in [0, 0.05) is 48.3 Å². The quantitative estimate of drug-likeness (QED) is 0.343. The van der Waals surface area contributed by atoms with E-state index in [0.29, 0.717) is 49.6 Å². The molecule has 0 saturated carbocycles. The van der Waals surface area contributed by atoms with Crippen molar-refractivity contribution in [3.05, 3.63) is 63.1 Å². The van der Waals surface area contributed by atoms with E-state index < -0.39 is 11.9 Å². The summed E-state index contributed by atoms with van der Waals surface area (Å²) in [5.74, 6) is -0.369. The van der Waals surface area contributed by atoms with Crippen LogP contribution in [0.2, 0.25) is 0 Å². The summed E-state index contributed by atoms with van der Waals surface area (Å²) in [5, 5.41) is 4.39. The van der Waals surface area contributed by atoms with Crippen LogP contribution in [0.3, 0.4) is 0 Å². The number of nitrogens with zero attached hydrogens (tertiary/aromatic N) is 5. The van der Waals surface area contributed by atoms with Crippen LogP contribution in [0.4, 0.5) is 18.2 Å². The molecule has 3 heterocycles. The van der Waals surface area contributed by atoms with Gasteiger partial charge in [-0.3, -0.25) is 9.48 Å². The van der Waals surface area contributed by atoms with Gasteiger partial charge in [0.1, 0.15) is 0 Å². The van der Waals surface area contributed by atoms with E-state index in [4.69, 9.17) is 6.57 Å². The van der Waals surface area contributed by atoms with Gasteiger partial charge in [0.15, 0.2) is 5.69 Å². The van der Waals surface area contributed by atoms with E-state index >= 15 is 0 Å². The molecular weight excluding hydrogens is 487 g/mol. The number of hydrogen-bond acceptors (Lipinski definition) is 4. The van der Waals surface area contributed by atoms with E-state index in [9.17, 15) is 18.0 Å². The van der Waals surface area contributed by atoms with Crippen LogP contribution in [-0.2, 0) is 24.1 Å². The third kappa shape index (κ3) is 5.42. The van der Waals surface area contributed by atoms with Gasteiger partial charge < -0.3 is 9.80 Å². The summed E-state index contributed by atoms with van der Waals surface area (Å²) in [6.45, 7) is 11.0. The second-order valence-corrected chi connectivity index (χ2v) is 10.6. The minimum Gasteiger partial charge on any atom is -0.333 e. The third-order valence-corrected chi connectivity index (χ3v) is 7.73. The van der Waals surface area contributed by atoms with Gasteiger partial charge in [-0.15, -0.1) is 0 Å². The van der Waals surface area contributed by atoms with E-state index in [2.05, 4.69) is 9.94 Å². The molecule has 1 aliphatic heterocycles. The molecule has 10 heteroatoms. The molecule has 0 spiro atoms. The van der Waals surface area contributed by atoms with Gasteiger partial charge in [0.05, 0.1) is 13.1 Å². The summed E-state index contributed by atoms with van der Waals surface area (Å²) in [7, 11) is 3.84. The average molecular weight is 518 g/mol. The highest BCUT2D eigenvalue weighted by molar-refractivity contribution is 7.16. The molecule has 1 atom stereocenters. The highest BCUT2D eigenvalue weighted by Gasteiger charge is 2.40. The van der Waals surface area contributed by atoms with Crippen molar-refractivity contribution in [1.82, 2.24) is 19.6 Å². The zero-order chi connectivity index (χ0) is 26.0. The monoisotopic (exact) mass is 517 g/mol. The highest BCUT2D eigenvalue weighted by Crippen LogP contribution is 2.48. The van der Waals surface area contributed by atoms with Crippen LogP contribution in [0.25, 0.3) is 10.4 Å². The molecular formula is C26H30F3N5OS. The molecule has 6 nitrogen and oxygen atoms in total. The lowest BCUT2D eigenvalue weighted by molar-refractivity contribution is -0.141. The lowest BCUT2D eigenvalue weighted by atomic mass is 9.77. The highest BCUT2D eigenvalue weighted by atomic mass is 32.1. The topological polar surface area (TPSA) is 45.7 Å². The van der Waals surface area contributed by atoms with E-state index in [0.717, 1.165) is 28.9 Å². The van der Waals surface area contributed by atoms with Crippen LogP contribution < -0.4 is 0 Å². The van der Waals surface area contributed by atoms with Gasteiger partial charge in [0.2, 0.25) is 10.9 Å². The number of thiophene rings is 1. The molecule has 2 aliphatic rings. The predicted octanol–water partition coefficient (Wildman–Crippen LogP) is 6.11. The summed E-state index contributed by atoms with van der Waals surface area (Å²) >= 11 is 1.37. The van der Waals surface area contributed by atoms with Crippen LogP contribution >= 0.6 is 11.3 Å². The summed E-state index contributed by atoms with van der Waals surface area (Å²) < 4.78 is 43.2. The minimum absolute atomic E-state index is 0.127. The molecule has 0 radical (unpaired) electrons. The number of carbonyl (C=O) groups excluding carboxylic acids is 1. The number of carbonyl (C=O) groups is 1. The SMILES string of the molecule is [C-]#[N+]c1cc2c(s1)CN(C(=O)/C=C/CN(C)C)CC2C1=C(c2cn(CC)nc2C(F)(F)F)CCCC1. The fourth-order valence-corrected chi connectivity index (χ4v) is 6.05. The van der Waals surface area contributed by atoms with Crippen molar-refractivity contribution in [2.24, 2.45) is 0 Å². The molecule has 1 aliphatic carbocycles. The van der Waals surface area contributed by atoms with Gasteiger partial charge in [-0.05, 0) is 63.9 Å². The Morgan fingerprint density at radius 3 is 2.75 bits per heavy atom. The first-order chi connectivity index (χ1) is 17.1. The van der Waals surface area contributed by atoms with Crippen molar-refractivity contribution in [1.29, 1.82) is 0 Å². The smallest absolute Gasteiger partial charge is 0.333 e. The van der Waals surface area contributed by atoms with E-state index in [-0.39, 0.29) is 17.4 Å². The number of allylic oxidation sites excluding steroid dienone is 1. The van der Waals surface area contributed by atoms with Crippen molar-refractivity contribution in [2.45, 2.75) is 57.8 Å². The number of fused-ring (bicyclic) bond motifs is 1. The van der Waals surface area contributed by atoms with Crippen molar-refractivity contribution in [3.63, 3.8) is 0 Å². The van der Waals surface area contributed by atoms with Gasteiger partial charge >= 0.3 is 6.18 Å². The Kier molecular flexibility index (Phi) is 7.71. The standard InChI is InChI=1S/C26H30F3N5OS/c1-5-34-15-21(25(31-34)26(27,28)29)18-10-7-6-9-17(18)20-14-33(24(35)11-8-12-32(3)4)16-22-19(20)13-23(30-2)36-22/h8,11,13,15,20H,5-7,9-10,12,14,16H2,1,3-4H3/b11-8+. The van der Waals surface area contributed by atoms with Crippen molar-refractivity contribution in [2.75, 3.05) is 27.2 Å². The van der Waals surface area contributed by atoms with E-state index in [1.807, 2.05) is 31.1 Å². The summed E-state index contributed by atoms with van der Waals surface area (Å²) in [6, 6.07) is 1.86. The van der Waals surface area contributed by atoms with Crippen molar-refractivity contribution in [3.8, 4) is 0 Å². The largest absolute Gasteiger partial charge is 0.435 e. The molecule has 2 aromatic rings. The van der Waals surface area contributed by atoms with Crippen LogP contribution in [0, 0.1) is 6.57 Å². The van der Waals surface area contributed by atoms with Crippen LogP contribution in [0.5, 0.6) is 0 Å². The molecule has 2 aromatic heterocycles. The van der Waals surface area contributed by atoms with Gasteiger partial charge in [-0.1, -0.05) is 11.6 Å². The number of aryl methyl sites for hydroxylation is 1. The molecule has 0 N–H and O–H groups in total. The zero-order valence-electron chi connectivity index (χ0n) is 20.7. The molecule has 36 heavy (non-hydrogen) atoms. The molecule has 192 valence electrons. The lowest BCUT2D eigenvalue weighted by Crippen LogP contribution is -2.37. The normalized spacial score (nSPS) is 18.7. The minimum atomic E-state index is -4.55. The number of likely N-dealkylation sites (N-methyl/N-ethyl adjacent to an activating group) is 1. The van der Waals surface area contributed by atoms with E-state index in [1.165, 1.54) is 22.2 Å². The summed E-state index contributed by atoms with van der Waals surface area (Å²) in [5.41, 5.74) is 1.90. The maximum Gasteiger partial charge on any atom is 0.435 e. The van der Waals surface area contributed by atoms with Gasteiger partial charge in [-0.25, -0.2) is 4.85 Å². The first-order valence-corrected chi connectivity index (χ1v) is 12.9. The Morgan fingerprint density at radius 2 is 2.08 bits per heavy atom. The number of rotatable bonds is 6. The number of amides is 1. The maximum absolute atomic E-state index is 14.0. The first-order valence-electron chi connectivity index (χ1n) is 12.1. The van der Waals surface area contributed by atoms with Crippen LogP contribution in [0.1, 0.15) is 60.2 Å². The Labute approximate surface area is 213 Å². The Hall–Kier alpha value is -2.90. The molecule has 1 amide bonds. The second-order valence-electron chi connectivity index (χ2n) is 9.47. The third-order valence-electron chi connectivity index (χ3n) is 6.70. The number of alkyl halides is 3. The fourth-order valence-electron chi connectivity index (χ4n) is 5.03. The van der Waals surface area contributed by atoms with Gasteiger partial charge in [0.25, 0.3) is 0 Å². The summed E-state index contributed by atoms with van der Waals surface area (Å²) in [6.07, 6.45) is 3.22. The predicted molar refractivity (Wildman–Crippen MR) is 135 cm³/mol. The number of hydrogen-bond donors (Lipinski definition) is 0. The maximum atomic E-state index is 14.0. The van der Waals surface area contributed by atoms with Crippen LogP contribution in [-0.4, -0.2) is 52.7 Å². The van der Waals surface area contributed by atoms with Gasteiger partial charge in [-0.2, -0.15) is 29.6 Å². The molecule has 1 unspecified atom stereocenters. The van der Waals surface area contributed by atoms with Crippen LogP contribution in [0.15, 0.2) is 30.0 Å². The Balaban J connectivity index is 1.80. The Bertz CT molecular complexity index is 1230. The molecule has 0 saturated heterocycles. The molecule has 0 aromatic carbocycles. The summed E-state index contributed by atoms with van der Waals surface area (Å²) in [4.78, 5) is 21.3. The molecule has 0 bridgehead atoms. The first kappa shape index (κ1) is 26.2. The number of aromatic nitrogens is 2. The molecule has 4 rings (SSSR count). The van der Waals surface area contributed by atoms with Crippen molar-refractivity contribution < 1.29 is 18.0 Å².